The molecule has 16 heavy (non-hydrogen) atoms. The van der Waals surface area contributed by atoms with Gasteiger partial charge in [0, 0.05) is 6.61 Å². The average Bonchev–Trinajstić information content (AvgIpc) is 2.28. The topological polar surface area (TPSA) is 29.5 Å². The van der Waals surface area contributed by atoms with Crippen LogP contribution < -0.4 is 4.74 Å². The fourth-order valence-corrected chi connectivity index (χ4v) is 1.56. The first-order valence-electron chi connectivity index (χ1n) is 6.05. The molecule has 0 aromatic heterocycles. The predicted octanol–water partition coefficient (Wildman–Crippen LogP) is 3.23. The van der Waals surface area contributed by atoms with Gasteiger partial charge >= 0.3 is 0 Å². The lowest BCUT2D eigenvalue weighted by Gasteiger charge is -2.08. The third kappa shape index (κ3) is 4.67. The number of aryl methyl sites for hydroxylation is 2. The molecule has 0 aliphatic carbocycles. The van der Waals surface area contributed by atoms with Gasteiger partial charge in [-0.1, -0.05) is 12.5 Å². The number of aliphatic hydroxyl groups excluding tert-OH is 1. The largest absolute Gasteiger partial charge is 0.494 e. The third-order valence-electron chi connectivity index (χ3n) is 2.80. The van der Waals surface area contributed by atoms with Crippen LogP contribution in [-0.2, 0) is 0 Å². The van der Waals surface area contributed by atoms with Crippen LogP contribution >= 0.6 is 0 Å². The van der Waals surface area contributed by atoms with Crippen LogP contribution in [0.1, 0.15) is 36.8 Å². The molecule has 0 atom stereocenters. The molecule has 2 heteroatoms. The Bertz CT molecular complexity index is 308. The first-order chi connectivity index (χ1) is 7.74. The van der Waals surface area contributed by atoms with Crippen LogP contribution in [0, 0.1) is 13.8 Å². The molecule has 0 saturated carbocycles. The second-order valence-electron chi connectivity index (χ2n) is 4.23. The van der Waals surface area contributed by atoms with Gasteiger partial charge < -0.3 is 9.84 Å². The van der Waals surface area contributed by atoms with E-state index in [0.717, 1.165) is 38.0 Å². The Kier molecular flexibility index (Phi) is 5.94. The Morgan fingerprint density at radius 1 is 1.00 bits per heavy atom. The normalized spacial score (nSPS) is 10.4. The lowest BCUT2D eigenvalue weighted by atomic mass is 10.1. The zero-order valence-electron chi connectivity index (χ0n) is 10.3. The summed E-state index contributed by atoms with van der Waals surface area (Å²) >= 11 is 0. The molecule has 90 valence electrons. The minimum absolute atomic E-state index is 0.304. The molecular weight excluding hydrogens is 200 g/mol. The van der Waals surface area contributed by atoms with Crippen molar-refractivity contribution >= 4 is 0 Å². The smallest absolute Gasteiger partial charge is 0.119 e. The van der Waals surface area contributed by atoms with Gasteiger partial charge in [-0.05, 0) is 56.4 Å². The van der Waals surface area contributed by atoms with Crippen molar-refractivity contribution in [1.82, 2.24) is 0 Å². The van der Waals surface area contributed by atoms with Crippen molar-refractivity contribution < 1.29 is 9.84 Å². The van der Waals surface area contributed by atoms with Crippen LogP contribution in [0.25, 0.3) is 0 Å². The second kappa shape index (κ2) is 7.29. The van der Waals surface area contributed by atoms with Crippen LogP contribution in [0.4, 0.5) is 0 Å². The number of aliphatic hydroxyl groups is 1. The summed E-state index contributed by atoms with van der Waals surface area (Å²) in [6.07, 6.45) is 4.19. The molecule has 0 aliphatic heterocycles. The van der Waals surface area contributed by atoms with Gasteiger partial charge in [-0.15, -0.1) is 0 Å². The van der Waals surface area contributed by atoms with Gasteiger partial charge in [-0.25, -0.2) is 0 Å². The average molecular weight is 222 g/mol. The quantitative estimate of drug-likeness (QED) is 0.718. The highest BCUT2D eigenvalue weighted by atomic mass is 16.5. The molecule has 0 unspecified atom stereocenters. The van der Waals surface area contributed by atoms with E-state index < -0.39 is 0 Å². The van der Waals surface area contributed by atoms with E-state index in [9.17, 15) is 0 Å². The Labute approximate surface area is 98.3 Å². The number of ether oxygens (including phenoxy) is 1. The van der Waals surface area contributed by atoms with Crippen molar-refractivity contribution in [3.8, 4) is 5.75 Å². The van der Waals surface area contributed by atoms with Gasteiger partial charge in [0.25, 0.3) is 0 Å². The summed E-state index contributed by atoms with van der Waals surface area (Å²) in [5, 5.41) is 8.63. The van der Waals surface area contributed by atoms with Crippen molar-refractivity contribution in [2.45, 2.75) is 39.5 Å². The standard InChI is InChI=1S/C14H22O2/c1-12-7-8-14(11-13(12)2)16-10-6-4-3-5-9-15/h7-8,11,15H,3-6,9-10H2,1-2H3. The SMILES string of the molecule is Cc1ccc(OCCCCCCO)cc1C. The van der Waals surface area contributed by atoms with Gasteiger partial charge in [0.2, 0.25) is 0 Å². The Morgan fingerprint density at radius 2 is 1.75 bits per heavy atom. The number of benzene rings is 1. The van der Waals surface area contributed by atoms with E-state index in [1.54, 1.807) is 0 Å². The lowest BCUT2D eigenvalue weighted by Crippen LogP contribution is -1.98. The van der Waals surface area contributed by atoms with Gasteiger partial charge in [-0.2, -0.15) is 0 Å². The minimum atomic E-state index is 0.304. The summed E-state index contributed by atoms with van der Waals surface area (Å²) in [6, 6.07) is 6.20. The Balaban J connectivity index is 2.19. The summed E-state index contributed by atoms with van der Waals surface area (Å²) in [7, 11) is 0. The number of rotatable bonds is 7. The fraction of sp³-hybridized carbons (Fsp3) is 0.571. The van der Waals surface area contributed by atoms with Gasteiger partial charge in [0.1, 0.15) is 5.75 Å². The van der Waals surface area contributed by atoms with Gasteiger partial charge in [0.05, 0.1) is 6.61 Å². The van der Waals surface area contributed by atoms with E-state index in [0.29, 0.717) is 6.61 Å². The monoisotopic (exact) mass is 222 g/mol. The van der Waals surface area contributed by atoms with Crippen molar-refractivity contribution in [3.63, 3.8) is 0 Å². The first-order valence-corrected chi connectivity index (χ1v) is 6.05. The summed E-state index contributed by atoms with van der Waals surface area (Å²) < 4.78 is 5.66. The number of hydrogen-bond acceptors (Lipinski definition) is 2. The molecule has 0 saturated heterocycles. The van der Waals surface area contributed by atoms with Crippen LogP contribution in [0.2, 0.25) is 0 Å². The highest BCUT2D eigenvalue weighted by Crippen LogP contribution is 2.16. The van der Waals surface area contributed by atoms with Gasteiger partial charge in [-0.3, -0.25) is 0 Å². The highest BCUT2D eigenvalue weighted by Gasteiger charge is 1.97. The van der Waals surface area contributed by atoms with Crippen molar-refractivity contribution in [2.24, 2.45) is 0 Å². The maximum atomic E-state index is 8.63. The summed E-state index contributed by atoms with van der Waals surface area (Å²) in [4.78, 5) is 0. The predicted molar refractivity (Wildman–Crippen MR) is 67.0 cm³/mol. The van der Waals surface area contributed by atoms with Crippen LogP contribution in [0.3, 0.4) is 0 Å². The van der Waals surface area contributed by atoms with E-state index in [1.165, 1.54) is 11.1 Å². The van der Waals surface area contributed by atoms with E-state index in [2.05, 4.69) is 26.0 Å². The summed E-state index contributed by atoms with van der Waals surface area (Å²) in [5.41, 5.74) is 2.58. The van der Waals surface area contributed by atoms with Crippen molar-refractivity contribution in [1.29, 1.82) is 0 Å². The van der Waals surface area contributed by atoms with Crippen molar-refractivity contribution in [3.05, 3.63) is 29.3 Å². The molecule has 1 aromatic rings. The molecule has 0 fully saturated rings. The summed E-state index contributed by atoms with van der Waals surface area (Å²) in [6.45, 7) is 5.28. The molecule has 2 nitrogen and oxygen atoms in total. The second-order valence-corrected chi connectivity index (χ2v) is 4.23. The zero-order valence-corrected chi connectivity index (χ0v) is 10.3. The lowest BCUT2D eigenvalue weighted by molar-refractivity contribution is 0.273. The molecule has 1 N–H and O–H groups in total. The van der Waals surface area contributed by atoms with E-state index >= 15 is 0 Å². The highest BCUT2D eigenvalue weighted by molar-refractivity contribution is 5.33. The fourth-order valence-electron chi connectivity index (χ4n) is 1.56. The number of hydrogen-bond donors (Lipinski definition) is 1. The Hall–Kier alpha value is -1.02. The zero-order chi connectivity index (χ0) is 11.8. The molecule has 1 rings (SSSR count). The molecule has 0 aliphatic rings. The molecule has 0 heterocycles. The van der Waals surface area contributed by atoms with Gasteiger partial charge in [0.15, 0.2) is 0 Å². The maximum absolute atomic E-state index is 8.63. The molecule has 0 amide bonds. The first kappa shape index (κ1) is 13.0. The Morgan fingerprint density at radius 3 is 2.44 bits per heavy atom. The van der Waals surface area contributed by atoms with E-state index in [4.69, 9.17) is 9.84 Å². The molecule has 0 spiro atoms. The van der Waals surface area contributed by atoms with Crippen LogP contribution in [0.5, 0.6) is 5.75 Å². The molecular formula is C14H22O2. The van der Waals surface area contributed by atoms with Crippen LogP contribution in [0.15, 0.2) is 18.2 Å². The maximum Gasteiger partial charge on any atom is 0.119 e. The molecule has 0 bridgehead atoms. The van der Waals surface area contributed by atoms with E-state index in [1.807, 2.05) is 6.07 Å². The molecule has 1 aromatic carbocycles. The number of unbranched alkanes of at least 4 members (excludes halogenated alkanes) is 3. The third-order valence-corrected chi connectivity index (χ3v) is 2.80. The molecule has 0 radical (unpaired) electrons. The summed E-state index contributed by atoms with van der Waals surface area (Å²) in [5.74, 6) is 0.963. The van der Waals surface area contributed by atoms with E-state index in [-0.39, 0.29) is 0 Å². The van der Waals surface area contributed by atoms with Crippen LogP contribution in [-0.4, -0.2) is 18.3 Å². The van der Waals surface area contributed by atoms with Crippen molar-refractivity contribution in [2.75, 3.05) is 13.2 Å². The minimum Gasteiger partial charge on any atom is -0.494 e.